The van der Waals surface area contributed by atoms with Crippen molar-refractivity contribution in [3.05, 3.63) is 0 Å². The number of hydrogen-bond acceptors (Lipinski definition) is 5. The molecule has 0 spiro atoms. The van der Waals surface area contributed by atoms with E-state index < -0.39 is 5.60 Å². The molecule has 5 rings (SSSR count). The van der Waals surface area contributed by atoms with Crippen molar-refractivity contribution in [3.63, 3.8) is 0 Å². The Morgan fingerprint density at radius 1 is 0.925 bits per heavy atom. The predicted octanol–water partition coefficient (Wildman–Crippen LogP) is 5.47. The number of aliphatic hydroxyl groups is 2. The molecule has 2 amide bonds. The summed E-state index contributed by atoms with van der Waals surface area (Å²) in [6.07, 6.45) is 9.38. The van der Waals surface area contributed by atoms with E-state index in [1.165, 1.54) is 19.3 Å². The standard InChI is InChI=1S/C33H56N2O5/c1-21(7-12-29(38)34-15-17-35(18-16-34)30(39)40-31(2,3)4)25-10-11-26-24-9-8-22-19-23(36)13-14-32(22,5)27(24)20-28(37)33(25,26)6/h21-28,36-37H,7-20H2,1-6H3/t21-,22-,23-,24+,25-,26+,27+,28+,32+,33-/m1/s1. The maximum absolute atomic E-state index is 13.2. The van der Waals surface area contributed by atoms with E-state index >= 15 is 0 Å². The van der Waals surface area contributed by atoms with Crippen molar-refractivity contribution in [3.8, 4) is 0 Å². The van der Waals surface area contributed by atoms with E-state index in [0.717, 1.165) is 38.5 Å². The van der Waals surface area contributed by atoms with Crippen LogP contribution in [-0.2, 0) is 9.53 Å². The van der Waals surface area contributed by atoms with E-state index in [9.17, 15) is 19.8 Å². The Balaban J connectivity index is 1.16. The van der Waals surface area contributed by atoms with Crippen LogP contribution >= 0.6 is 0 Å². The Labute approximate surface area is 242 Å². The summed E-state index contributed by atoms with van der Waals surface area (Å²) in [5, 5.41) is 22.2. The van der Waals surface area contributed by atoms with Gasteiger partial charge in [-0.05, 0) is 125 Å². The van der Waals surface area contributed by atoms with Gasteiger partial charge in [-0.3, -0.25) is 4.79 Å². The Kier molecular flexibility index (Phi) is 8.33. The van der Waals surface area contributed by atoms with Crippen LogP contribution in [0.25, 0.3) is 0 Å². The van der Waals surface area contributed by atoms with Gasteiger partial charge in [0.1, 0.15) is 5.60 Å². The number of nitrogens with zero attached hydrogens (tertiary/aromatic N) is 2. The lowest BCUT2D eigenvalue weighted by molar-refractivity contribution is -0.175. The highest BCUT2D eigenvalue weighted by atomic mass is 16.6. The third-order valence-corrected chi connectivity index (χ3v) is 12.6. The second-order valence-electron chi connectivity index (χ2n) is 15.8. The summed E-state index contributed by atoms with van der Waals surface area (Å²) in [6.45, 7) is 14.9. The largest absolute Gasteiger partial charge is 0.444 e. The molecule has 5 fully saturated rings. The van der Waals surface area contributed by atoms with Gasteiger partial charge in [-0.25, -0.2) is 4.79 Å². The van der Waals surface area contributed by atoms with Crippen molar-refractivity contribution < 1.29 is 24.5 Å². The van der Waals surface area contributed by atoms with Crippen LogP contribution in [0.3, 0.4) is 0 Å². The van der Waals surface area contributed by atoms with Gasteiger partial charge >= 0.3 is 6.09 Å². The maximum Gasteiger partial charge on any atom is 0.410 e. The molecule has 2 N–H and O–H groups in total. The SMILES string of the molecule is C[C@H](CCC(=O)N1CCN(C(=O)OC(C)(C)C)CC1)[C@H]1CC[C@H]2[C@@H]3CC[C@@H]4C[C@H](O)CC[C@]4(C)[C@H]3C[C@H](O)[C@]12C. The van der Waals surface area contributed by atoms with Crippen LogP contribution in [0.2, 0.25) is 0 Å². The minimum absolute atomic E-state index is 0.0694. The first-order valence-electron chi connectivity index (χ1n) is 16.4. The summed E-state index contributed by atoms with van der Waals surface area (Å²) >= 11 is 0. The number of amides is 2. The smallest absolute Gasteiger partial charge is 0.410 e. The molecule has 7 heteroatoms. The Bertz CT molecular complexity index is 942. The first-order chi connectivity index (χ1) is 18.7. The number of piperazine rings is 1. The molecular weight excluding hydrogens is 504 g/mol. The molecule has 10 atom stereocenters. The lowest BCUT2D eigenvalue weighted by Crippen LogP contribution is -2.58. The van der Waals surface area contributed by atoms with Crippen LogP contribution in [0.4, 0.5) is 4.79 Å². The monoisotopic (exact) mass is 560 g/mol. The molecule has 228 valence electrons. The normalized spacial score (nSPS) is 42.5. The molecule has 1 heterocycles. The highest BCUT2D eigenvalue weighted by Gasteiger charge is 2.63. The molecule has 1 saturated heterocycles. The molecule has 4 aliphatic carbocycles. The molecular formula is C33H56N2O5. The van der Waals surface area contributed by atoms with Gasteiger partial charge in [0.25, 0.3) is 0 Å². The molecule has 0 aromatic heterocycles. The molecule has 0 unspecified atom stereocenters. The summed E-state index contributed by atoms with van der Waals surface area (Å²) < 4.78 is 5.49. The molecule has 7 nitrogen and oxygen atoms in total. The van der Waals surface area contributed by atoms with Gasteiger partial charge in [0.2, 0.25) is 5.91 Å². The van der Waals surface area contributed by atoms with Crippen molar-refractivity contribution in [1.29, 1.82) is 0 Å². The second-order valence-corrected chi connectivity index (χ2v) is 15.8. The Morgan fingerprint density at radius 2 is 1.60 bits per heavy atom. The van der Waals surface area contributed by atoms with Gasteiger partial charge < -0.3 is 24.7 Å². The number of hydrogen-bond donors (Lipinski definition) is 2. The molecule has 4 saturated carbocycles. The third-order valence-electron chi connectivity index (χ3n) is 12.6. The zero-order valence-electron chi connectivity index (χ0n) is 26.0. The van der Waals surface area contributed by atoms with Crippen LogP contribution in [-0.4, -0.2) is 76.0 Å². The first-order valence-corrected chi connectivity index (χ1v) is 16.4. The highest BCUT2D eigenvalue weighted by molar-refractivity contribution is 5.76. The van der Waals surface area contributed by atoms with Crippen molar-refractivity contribution in [2.24, 2.45) is 46.3 Å². The minimum Gasteiger partial charge on any atom is -0.444 e. The molecule has 0 aromatic rings. The predicted molar refractivity (Wildman–Crippen MR) is 155 cm³/mol. The van der Waals surface area contributed by atoms with Gasteiger partial charge in [0.05, 0.1) is 12.2 Å². The zero-order valence-corrected chi connectivity index (χ0v) is 26.0. The fourth-order valence-corrected chi connectivity index (χ4v) is 10.3. The van der Waals surface area contributed by atoms with Crippen molar-refractivity contribution >= 4 is 12.0 Å². The summed E-state index contributed by atoms with van der Waals surface area (Å²) in [6, 6.07) is 0. The summed E-state index contributed by atoms with van der Waals surface area (Å²) in [5.74, 6) is 3.45. The summed E-state index contributed by atoms with van der Waals surface area (Å²) in [7, 11) is 0. The number of fused-ring (bicyclic) bond motifs is 5. The molecule has 0 aromatic carbocycles. The van der Waals surface area contributed by atoms with Gasteiger partial charge in [0.15, 0.2) is 0 Å². The van der Waals surface area contributed by atoms with E-state index in [-0.39, 0.29) is 35.0 Å². The van der Waals surface area contributed by atoms with Crippen LogP contribution in [0.5, 0.6) is 0 Å². The average molecular weight is 561 g/mol. The topological polar surface area (TPSA) is 90.3 Å². The third kappa shape index (κ3) is 5.43. The average Bonchev–Trinajstić information content (AvgIpc) is 3.26. The highest BCUT2D eigenvalue weighted by Crippen LogP contribution is 2.68. The van der Waals surface area contributed by atoms with Crippen molar-refractivity contribution in [2.75, 3.05) is 26.2 Å². The lowest BCUT2D eigenvalue weighted by atomic mass is 9.43. The summed E-state index contributed by atoms with van der Waals surface area (Å²) in [4.78, 5) is 29.2. The molecule has 5 aliphatic rings. The quantitative estimate of drug-likeness (QED) is 0.476. The molecule has 40 heavy (non-hydrogen) atoms. The van der Waals surface area contributed by atoms with Crippen LogP contribution in [0.1, 0.15) is 106 Å². The van der Waals surface area contributed by atoms with Crippen LogP contribution in [0, 0.1) is 46.3 Å². The Morgan fingerprint density at radius 3 is 2.27 bits per heavy atom. The van der Waals surface area contributed by atoms with Gasteiger partial charge in [-0.15, -0.1) is 0 Å². The van der Waals surface area contributed by atoms with Crippen LogP contribution in [0.15, 0.2) is 0 Å². The van der Waals surface area contributed by atoms with E-state index in [1.807, 2.05) is 25.7 Å². The van der Waals surface area contributed by atoms with Gasteiger partial charge in [0, 0.05) is 32.6 Å². The van der Waals surface area contributed by atoms with Crippen molar-refractivity contribution in [2.45, 2.75) is 124 Å². The number of rotatable bonds is 4. The summed E-state index contributed by atoms with van der Waals surface area (Å²) in [5.41, 5.74) is -0.326. The molecule has 1 aliphatic heterocycles. The van der Waals surface area contributed by atoms with Crippen LogP contribution < -0.4 is 0 Å². The van der Waals surface area contributed by atoms with E-state index in [1.54, 1.807) is 4.90 Å². The first kappa shape index (κ1) is 30.1. The van der Waals surface area contributed by atoms with Gasteiger partial charge in [-0.2, -0.15) is 0 Å². The fourth-order valence-electron chi connectivity index (χ4n) is 10.3. The number of ether oxygens (including phenoxy) is 1. The molecule has 0 radical (unpaired) electrons. The zero-order chi connectivity index (χ0) is 29.0. The molecule has 0 bridgehead atoms. The van der Waals surface area contributed by atoms with E-state index in [4.69, 9.17) is 4.74 Å². The second kappa shape index (κ2) is 11.1. The van der Waals surface area contributed by atoms with E-state index in [2.05, 4.69) is 20.8 Å². The number of aliphatic hydroxyl groups excluding tert-OH is 2. The maximum atomic E-state index is 13.2. The lowest BCUT2D eigenvalue weighted by Gasteiger charge is -2.62. The fraction of sp³-hybridized carbons (Fsp3) is 0.939. The number of carbonyl (C=O) groups is 2. The van der Waals surface area contributed by atoms with Gasteiger partial charge in [-0.1, -0.05) is 20.8 Å². The number of carbonyl (C=O) groups excluding carboxylic acids is 2. The minimum atomic E-state index is -0.514. The Hall–Kier alpha value is -1.34. The van der Waals surface area contributed by atoms with Crippen molar-refractivity contribution in [1.82, 2.24) is 9.80 Å². The van der Waals surface area contributed by atoms with E-state index in [0.29, 0.717) is 68.1 Å².